The zero-order valence-corrected chi connectivity index (χ0v) is 13.6. The van der Waals surface area contributed by atoms with Crippen molar-refractivity contribution < 1.29 is 9.18 Å². The van der Waals surface area contributed by atoms with E-state index in [2.05, 4.69) is 10.4 Å². The Bertz CT molecular complexity index is 799. The Balaban J connectivity index is 1.55. The van der Waals surface area contributed by atoms with Gasteiger partial charge in [-0.05, 0) is 48.9 Å². The van der Waals surface area contributed by atoms with Gasteiger partial charge >= 0.3 is 0 Å². The van der Waals surface area contributed by atoms with Gasteiger partial charge in [0.25, 0.3) is 5.56 Å². The minimum atomic E-state index is -0.261. The van der Waals surface area contributed by atoms with Gasteiger partial charge in [0.05, 0.1) is 5.69 Å². The third-order valence-corrected chi connectivity index (χ3v) is 4.45. The standard InChI is InChI=1S/C18H20FN3O2/c1-22-17(23)11-14-10-13(4-7-16(14)21-22)18(24)20-9-8-12-2-5-15(19)6-3-12/h2-3,5-6,11,13H,4,7-10H2,1H3,(H,20,24)/t13-/m0/s1. The molecule has 2 aromatic rings. The van der Waals surface area contributed by atoms with E-state index in [9.17, 15) is 14.0 Å². The van der Waals surface area contributed by atoms with Crippen molar-refractivity contribution in [2.45, 2.75) is 25.7 Å². The fraction of sp³-hybridized carbons (Fsp3) is 0.389. The average Bonchev–Trinajstić information content (AvgIpc) is 2.57. The summed E-state index contributed by atoms with van der Waals surface area (Å²) in [5.74, 6) is -0.383. The van der Waals surface area contributed by atoms with Gasteiger partial charge in [0, 0.05) is 25.6 Å². The van der Waals surface area contributed by atoms with E-state index in [0.717, 1.165) is 23.2 Å². The zero-order valence-electron chi connectivity index (χ0n) is 13.6. The highest BCUT2D eigenvalue weighted by Gasteiger charge is 2.25. The van der Waals surface area contributed by atoms with Crippen molar-refractivity contribution in [1.29, 1.82) is 0 Å². The summed E-state index contributed by atoms with van der Waals surface area (Å²) in [5.41, 5.74) is 2.63. The lowest BCUT2D eigenvalue weighted by Gasteiger charge is -2.23. The molecule has 0 saturated heterocycles. The van der Waals surface area contributed by atoms with E-state index < -0.39 is 0 Å². The lowest BCUT2D eigenvalue weighted by molar-refractivity contribution is -0.125. The summed E-state index contributed by atoms with van der Waals surface area (Å²) in [5, 5.41) is 7.19. The highest BCUT2D eigenvalue weighted by molar-refractivity contribution is 5.79. The molecule has 0 aliphatic heterocycles. The number of hydrogen-bond donors (Lipinski definition) is 1. The van der Waals surface area contributed by atoms with Crippen molar-refractivity contribution in [3.8, 4) is 0 Å². The van der Waals surface area contributed by atoms with Gasteiger partial charge in [0.2, 0.25) is 5.91 Å². The Labute approximate surface area is 139 Å². The Hall–Kier alpha value is -2.50. The van der Waals surface area contributed by atoms with Gasteiger partial charge in [-0.25, -0.2) is 9.07 Å². The number of carbonyl (C=O) groups excluding carboxylic acids is 1. The molecule has 24 heavy (non-hydrogen) atoms. The van der Waals surface area contributed by atoms with Crippen LogP contribution in [0.5, 0.6) is 0 Å². The molecule has 1 heterocycles. The number of nitrogens with one attached hydrogen (secondary N) is 1. The summed E-state index contributed by atoms with van der Waals surface area (Å²) < 4.78 is 14.2. The molecule has 0 saturated carbocycles. The Morgan fingerprint density at radius 3 is 2.88 bits per heavy atom. The number of halogens is 1. The van der Waals surface area contributed by atoms with Crippen LogP contribution in [0.15, 0.2) is 35.1 Å². The van der Waals surface area contributed by atoms with E-state index >= 15 is 0 Å². The molecule has 0 unspecified atom stereocenters. The summed E-state index contributed by atoms with van der Waals surface area (Å²) >= 11 is 0. The van der Waals surface area contributed by atoms with Crippen LogP contribution >= 0.6 is 0 Å². The normalized spacial score (nSPS) is 16.5. The maximum atomic E-state index is 12.9. The minimum absolute atomic E-state index is 0.00318. The van der Waals surface area contributed by atoms with Crippen LogP contribution in [0.25, 0.3) is 0 Å². The zero-order chi connectivity index (χ0) is 17.1. The van der Waals surface area contributed by atoms with Crippen molar-refractivity contribution in [3.05, 3.63) is 63.3 Å². The van der Waals surface area contributed by atoms with Crippen molar-refractivity contribution in [1.82, 2.24) is 15.1 Å². The molecular formula is C18H20FN3O2. The number of aryl methyl sites for hydroxylation is 2. The highest BCUT2D eigenvalue weighted by Crippen LogP contribution is 2.23. The first-order valence-corrected chi connectivity index (χ1v) is 8.11. The van der Waals surface area contributed by atoms with E-state index in [0.29, 0.717) is 25.8 Å². The molecule has 1 atom stereocenters. The van der Waals surface area contributed by atoms with E-state index in [1.807, 2.05) is 0 Å². The topological polar surface area (TPSA) is 64.0 Å². The largest absolute Gasteiger partial charge is 0.356 e. The third kappa shape index (κ3) is 3.69. The third-order valence-electron chi connectivity index (χ3n) is 4.45. The Morgan fingerprint density at radius 2 is 2.12 bits per heavy atom. The summed E-state index contributed by atoms with van der Waals surface area (Å²) in [6.07, 6.45) is 2.66. The smallest absolute Gasteiger partial charge is 0.266 e. The van der Waals surface area contributed by atoms with Gasteiger partial charge in [0.15, 0.2) is 0 Å². The number of aromatic nitrogens is 2. The van der Waals surface area contributed by atoms with Crippen LogP contribution in [0.2, 0.25) is 0 Å². The van der Waals surface area contributed by atoms with Crippen LogP contribution in [0, 0.1) is 11.7 Å². The monoisotopic (exact) mass is 329 g/mol. The number of fused-ring (bicyclic) bond motifs is 1. The van der Waals surface area contributed by atoms with Crippen LogP contribution < -0.4 is 10.9 Å². The van der Waals surface area contributed by atoms with Gasteiger partial charge in [-0.15, -0.1) is 0 Å². The fourth-order valence-corrected chi connectivity index (χ4v) is 3.04. The molecule has 1 aliphatic carbocycles. The van der Waals surface area contributed by atoms with Crippen LogP contribution in [0.1, 0.15) is 23.2 Å². The lowest BCUT2D eigenvalue weighted by atomic mass is 9.86. The molecule has 1 amide bonds. The first kappa shape index (κ1) is 16.4. The van der Waals surface area contributed by atoms with Crippen LogP contribution in [-0.4, -0.2) is 22.2 Å². The molecule has 5 nitrogen and oxygen atoms in total. The molecule has 0 radical (unpaired) electrons. The predicted molar refractivity (Wildman–Crippen MR) is 88.1 cm³/mol. The van der Waals surface area contributed by atoms with Gasteiger partial charge in [0.1, 0.15) is 5.82 Å². The molecule has 0 bridgehead atoms. The van der Waals surface area contributed by atoms with E-state index in [1.165, 1.54) is 16.8 Å². The van der Waals surface area contributed by atoms with Gasteiger partial charge in [-0.2, -0.15) is 5.10 Å². The molecule has 6 heteroatoms. The lowest BCUT2D eigenvalue weighted by Crippen LogP contribution is -2.36. The fourth-order valence-electron chi connectivity index (χ4n) is 3.04. The molecule has 0 spiro atoms. The molecular weight excluding hydrogens is 309 g/mol. The predicted octanol–water partition coefficient (Wildman–Crippen LogP) is 1.38. The molecule has 1 aromatic heterocycles. The van der Waals surface area contributed by atoms with Crippen molar-refractivity contribution in [2.24, 2.45) is 13.0 Å². The Morgan fingerprint density at radius 1 is 1.38 bits per heavy atom. The Kier molecular flexibility index (Phi) is 4.74. The van der Waals surface area contributed by atoms with Crippen molar-refractivity contribution in [3.63, 3.8) is 0 Å². The summed E-state index contributed by atoms with van der Waals surface area (Å²) in [4.78, 5) is 24.0. The molecule has 1 aromatic carbocycles. The van der Waals surface area contributed by atoms with E-state index in [4.69, 9.17) is 0 Å². The first-order chi connectivity index (χ1) is 11.5. The average molecular weight is 329 g/mol. The SMILES string of the molecule is Cn1nc2c(cc1=O)C[C@@H](C(=O)NCCc1ccc(F)cc1)CC2. The van der Waals surface area contributed by atoms with Crippen molar-refractivity contribution in [2.75, 3.05) is 6.54 Å². The first-order valence-electron chi connectivity index (χ1n) is 8.11. The quantitative estimate of drug-likeness (QED) is 0.922. The number of nitrogens with zero attached hydrogens (tertiary/aromatic N) is 2. The van der Waals surface area contributed by atoms with E-state index in [-0.39, 0.29) is 23.2 Å². The van der Waals surface area contributed by atoms with Gasteiger partial charge in [-0.3, -0.25) is 9.59 Å². The number of benzene rings is 1. The molecule has 126 valence electrons. The van der Waals surface area contributed by atoms with Crippen molar-refractivity contribution >= 4 is 5.91 Å². The second kappa shape index (κ2) is 6.95. The van der Waals surface area contributed by atoms with Crippen LogP contribution in [-0.2, 0) is 31.1 Å². The molecule has 3 rings (SSSR count). The molecule has 0 fully saturated rings. The maximum absolute atomic E-state index is 12.9. The molecule has 1 aliphatic rings. The number of rotatable bonds is 4. The van der Waals surface area contributed by atoms with Crippen LogP contribution in [0.4, 0.5) is 4.39 Å². The second-order valence-electron chi connectivity index (χ2n) is 6.19. The van der Waals surface area contributed by atoms with Gasteiger partial charge < -0.3 is 5.32 Å². The summed E-state index contributed by atoms with van der Waals surface area (Å²) in [6, 6.07) is 7.87. The van der Waals surface area contributed by atoms with Gasteiger partial charge in [-0.1, -0.05) is 12.1 Å². The van der Waals surface area contributed by atoms with Crippen LogP contribution in [0.3, 0.4) is 0 Å². The molecule has 1 N–H and O–H groups in total. The highest BCUT2D eigenvalue weighted by atomic mass is 19.1. The number of hydrogen-bond acceptors (Lipinski definition) is 3. The number of amides is 1. The maximum Gasteiger partial charge on any atom is 0.266 e. The summed E-state index contributed by atoms with van der Waals surface area (Å²) in [6.45, 7) is 0.516. The summed E-state index contributed by atoms with van der Waals surface area (Å²) in [7, 11) is 1.64. The number of carbonyl (C=O) groups is 1. The second-order valence-corrected chi connectivity index (χ2v) is 6.19. The minimum Gasteiger partial charge on any atom is -0.356 e. The van der Waals surface area contributed by atoms with E-state index in [1.54, 1.807) is 25.2 Å².